The second-order valence-electron chi connectivity index (χ2n) is 5.83. The number of pyridine rings is 1. The van der Waals surface area contributed by atoms with Gasteiger partial charge in [0.25, 0.3) is 5.56 Å². The van der Waals surface area contributed by atoms with Gasteiger partial charge in [-0.1, -0.05) is 23.2 Å². The monoisotopic (exact) mass is 394 g/mol. The highest BCUT2D eigenvalue weighted by molar-refractivity contribution is 6.38. The smallest absolute Gasteiger partial charge is 0.255 e. The van der Waals surface area contributed by atoms with Crippen LogP contribution in [0.1, 0.15) is 18.2 Å². The lowest BCUT2D eigenvalue weighted by Crippen LogP contribution is -2.28. The third-order valence-corrected chi connectivity index (χ3v) is 4.59. The van der Waals surface area contributed by atoms with E-state index in [-0.39, 0.29) is 5.56 Å². The fourth-order valence-corrected chi connectivity index (χ4v) is 3.38. The predicted molar refractivity (Wildman–Crippen MR) is 104 cm³/mol. The molecule has 2 aromatic heterocycles. The summed E-state index contributed by atoms with van der Waals surface area (Å²) >= 11 is 12.5. The Morgan fingerprint density at radius 3 is 2.81 bits per heavy atom. The molecule has 0 amide bonds. The van der Waals surface area contributed by atoms with Crippen molar-refractivity contribution in [1.29, 1.82) is 0 Å². The number of nitrogens with one attached hydrogen (secondary N) is 1. The number of furan rings is 1. The minimum atomic E-state index is -0.0810. The SMILES string of the molecule is CCOCCn1c(=O)c(CNCc2ccco2)cc2c(Cl)cc(Cl)cc21. The molecule has 5 nitrogen and oxygen atoms in total. The number of halogens is 2. The van der Waals surface area contributed by atoms with Gasteiger partial charge in [0.2, 0.25) is 0 Å². The molecule has 138 valence electrons. The second-order valence-corrected chi connectivity index (χ2v) is 6.67. The van der Waals surface area contributed by atoms with Gasteiger partial charge in [-0.25, -0.2) is 0 Å². The molecule has 26 heavy (non-hydrogen) atoms. The van der Waals surface area contributed by atoms with Gasteiger partial charge in [-0.3, -0.25) is 4.79 Å². The number of ether oxygens (including phenoxy) is 1. The topological polar surface area (TPSA) is 56.4 Å². The maximum Gasteiger partial charge on any atom is 0.255 e. The Labute approximate surface area is 161 Å². The molecule has 3 rings (SSSR count). The van der Waals surface area contributed by atoms with Gasteiger partial charge in [0.15, 0.2) is 0 Å². The van der Waals surface area contributed by atoms with E-state index in [9.17, 15) is 4.79 Å². The molecule has 0 bridgehead atoms. The van der Waals surface area contributed by atoms with Crippen LogP contribution >= 0.6 is 23.2 Å². The van der Waals surface area contributed by atoms with Crippen LogP contribution in [0, 0.1) is 0 Å². The van der Waals surface area contributed by atoms with Gasteiger partial charge in [-0.2, -0.15) is 0 Å². The van der Waals surface area contributed by atoms with Gasteiger partial charge in [0.1, 0.15) is 5.76 Å². The predicted octanol–water partition coefficient (Wildman–Crippen LogP) is 4.23. The average molecular weight is 395 g/mol. The lowest BCUT2D eigenvalue weighted by molar-refractivity contribution is 0.139. The molecule has 0 radical (unpaired) electrons. The molecule has 0 atom stereocenters. The van der Waals surface area contributed by atoms with Crippen LogP contribution in [-0.2, 0) is 24.4 Å². The van der Waals surface area contributed by atoms with Gasteiger partial charge in [-0.05, 0) is 37.3 Å². The molecule has 0 saturated heterocycles. The van der Waals surface area contributed by atoms with Crippen molar-refractivity contribution in [3.8, 4) is 0 Å². The first-order valence-electron chi connectivity index (χ1n) is 8.42. The summed E-state index contributed by atoms with van der Waals surface area (Å²) < 4.78 is 12.4. The molecule has 3 aromatic rings. The van der Waals surface area contributed by atoms with Crippen molar-refractivity contribution in [3.63, 3.8) is 0 Å². The number of benzene rings is 1. The third-order valence-electron chi connectivity index (χ3n) is 4.06. The van der Waals surface area contributed by atoms with Gasteiger partial charge < -0.3 is 19.0 Å². The first-order chi connectivity index (χ1) is 12.6. The van der Waals surface area contributed by atoms with Gasteiger partial charge in [0, 0.05) is 35.7 Å². The van der Waals surface area contributed by atoms with E-state index in [1.165, 1.54) is 0 Å². The van der Waals surface area contributed by atoms with Crippen molar-refractivity contribution in [2.24, 2.45) is 0 Å². The van der Waals surface area contributed by atoms with Gasteiger partial charge in [-0.15, -0.1) is 0 Å². The number of hydrogen-bond donors (Lipinski definition) is 1. The van der Waals surface area contributed by atoms with E-state index in [0.717, 1.165) is 11.1 Å². The molecule has 0 aliphatic heterocycles. The minimum Gasteiger partial charge on any atom is -0.468 e. The maximum absolute atomic E-state index is 12.9. The molecule has 0 spiro atoms. The Hall–Kier alpha value is -1.79. The largest absolute Gasteiger partial charge is 0.468 e. The van der Waals surface area contributed by atoms with E-state index in [1.54, 1.807) is 23.0 Å². The molecular formula is C19H20Cl2N2O3. The lowest BCUT2D eigenvalue weighted by atomic mass is 10.1. The Morgan fingerprint density at radius 1 is 1.23 bits per heavy atom. The number of nitrogens with zero attached hydrogens (tertiary/aromatic N) is 1. The highest BCUT2D eigenvalue weighted by Crippen LogP contribution is 2.27. The van der Waals surface area contributed by atoms with Crippen LogP contribution in [0.15, 0.2) is 45.8 Å². The molecule has 1 N–H and O–H groups in total. The molecule has 0 saturated carbocycles. The van der Waals surface area contributed by atoms with Gasteiger partial charge >= 0.3 is 0 Å². The third kappa shape index (κ3) is 4.30. The summed E-state index contributed by atoms with van der Waals surface area (Å²) in [6, 6.07) is 8.98. The zero-order valence-corrected chi connectivity index (χ0v) is 15.9. The van der Waals surface area contributed by atoms with Crippen LogP contribution in [0.25, 0.3) is 10.9 Å². The molecule has 0 fully saturated rings. The van der Waals surface area contributed by atoms with Crippen molar-refractivity contribution < 1.29 is 9.15 Å². The van der Waals surface area contributed by atoms with Crippen molar-refractivity contribution in [1.82, 2.24) is 9.88 Å². The molecular weight excluding hydrogens is 375 g/mol. The zero-order chi connectivity index (χ0) is 18.5. The number of aromatic nitrogens is 1. The summed E-state index contributed by atoms with van der Waals surface area (Å²) in [5.41, 5.74) is 1.26. The standard InChI is InChI=1S/C19H20Cl2N2O3/c1-2-25-7-5-23-18-10-14(20)9-17(21)16(18)8-13(19(23)24)11-22-12-15-4-3-6-26-15/h3-4,6,8-10,22H,2,5,7,11-12H2,1H3. The van der Waals surface area contributed by atoms with Crippen molar-refractivity contribution in [3.05, 3.63) is 68.3 Å². The number of rotatable bonds is 8. The molecule has 0 aliphatic carbocycles. The highest BCUT2D eigenvalue weighted by Gasteiger charge is 2.13. The van der Waals surface area contributed by atoms with Crippen LogP contribution < -0.4 is 10.9 Å². The number of hydrogen-bond acceptors (Lipinski definition) is 4. The van der Waals surface area contributed by atoms with Crippen LogP contribution in [0.5, 0.6) is 0 Å². The Balaban J connectivity index is 1.94. The van der Waals surface area contributed by atoms with E-state index in [4.69, 9.17) is 32.4 Å². The van der Waals surface area contributed by atoms with E-state index in [1.807, 2.05) is 25.1 Å². The van der Waals surface area contributed by atoms with E-state index >= 15 is 0 Å². The fraction of sp³-hybridized carbons (Fsp3) is 0.316. The second kappa shape index (κ2) is 8.73. The summed E-state index contributed by atoms with van der Waals surface area (Å²) in [6.45, 7) is 4.34. The minimum absolute atomic E-state index is 0.0810. The normalized spacial score (nSPS) is 11.3. The van der Waals surface area contributed by atoms with Crippen molar-refractivity contribution >= 4 is 34.1 Å². The van der Waals surface area contributed by atoms with E-state index < -0.39 is 0 Å². The van der Waals surface area contributed by atoms with Gasteiger partial charge in [0.05, 0.1) is 30.0 Å². The van der Waals surface area contributed by atoms with Crippen molar-refractivity contribution in [2.75, 3.05) is 13.2 Å². The molecule has 2 heterocycles. The van der Waals surface area contributed by atoms with Crippen LogP contribution in [0.3, 0.4) is 0 Å². The first kappa shape index (κ1) is 19.0. The zero-order valence-electron chi connectivity index (χ0n) is 14.4. The maximum atomic E-state index is 12.9. The Bertz CT molecular complexity index is 936. The van der Waals surface area contributed by atoms with Crippen LogP contribution in [0.4, 0.5) is 0 Å². The summed E-state index contributed by atoms with van der Waals surface area (Å²) in [6.07, 6.45) is 1.62. The molecule has 1 aromatic carbocycles. The summed E-state index contributed by atoms with van der Waals surface area (Å²) in [4.78, 5) is 12.9. The highest BCUT2D eigenvalue weighted by atomic mass is 35.5. The number of fused-ring (bicyclic) bond motifs is 1. The summed E-state index contributed by atoms with van der Waals surface area (Å²) in [7, 11) is 0. The van der Waals surface area contributed by atoms with E-state index in [0.29, 0.717) is 54.0 Å². The molecule has 0 unspecified atom stereocenters. The van der Waals surface area contributed by atoms with E-state index in [2.05, 4.69) is 5.32 Å². The summed E-state index contributed by atoms with van der Waals surface area (Å²) in [5.74, 6) is 0.812. The molecule has 0 aliphatic rings. The quantitative estimate of drug-likeness (QED) is 0.580. The van der Waals surface area contributed by atoms with Crippen molar-refractivity contribution in [2.45, 2.75) is 26.6 Å². The Kier molecular flexibility index (Phi) is 6.38. The van der Waals surface area contributed by atoms with Crippen LogP contribution in [-0.4, -0.2) is 17.8 Å². The van der Waals surface area contributed by atoms with Crippen LogP contribution in [0.2, 0.25) is 10.0 Å². The first-order valence-corrected chi connectivity index (χ1v) is 9.18. The summed E-state index contributed by atoms with van der Waals surface area (Å²) in [5, 5.41) is 5.04. The Morgan fingerprint density at radius 2 is 2.08 bits per heavy atom. The fourth-order valence-electron chi connectivity index (χ4n) is 2.84. The average Bonchev–Trinajstić information content (AvgIpc) is 3.12. The lowest BCUT2D eigenvalue weighted by Gasteiger charge is -2.14. The molecule has 7 heteroatoms.